The highest BCUT2D eigenvalue weighted by Crippen LogP contribution is 2.31. The first kappa shape index (κ1) is 8.73. The van der Waals surface area contributed by atoms with Gasteiger partial charge < -0.3 is 0 Å². The van der Waals surface area contributed by atoms with Crippen LogP contribution >= 0.6 is 0 Å². The summed E-state index contributed by atoms with van der Waals surface area (Å²) < 4.78 is 15.1. The third-order valence-electron chi connectivity index (χ3n) is 2.55. The van der Waals surface area contributed by atoms with Crippen LogP contribution in [0.5, 0.6) is 0 Å². The molecule has 1 aromatic heterocycles. The molecule has 0 aromatic carbocycles. The van der Waals surface area contributed by atoms with Crippen LogP contribution in [0.4, 0.5) is 4.39 Å². The van der Waals surface area contributed by atoms with Gasteiger partial charge in [-0.15, -0.1) is 0 Å². The van der Waals surface area contributed by atoms with Crippen LogP contribution in [0.15, 0.2) is 6.20 Å². The van der Waals surface area contributed by atoms with E-state index >= 15 is 0 Å². The second-order valence-electron chi connectivity index (χ2n) is 4.17. The summed E-state index contributed by atoms with van der Waals surface area (Å²) in [5.41, 5.74) is 0.737. The van der Waals surface area contributed by atoms with Crippen molar-refractivity contribution in [1.29, 1.82) is 0 Å². The van der Waals surface area contributed by atoms with Gasteiger partial charge in [-0.05, 0) is 24.7 Å². The maximum atomic E-state index is 13.6. The Kier molecular flexibility index (Phi) is 2.10. The van der Waals surface area contributed by atoms with Gasteiger partial charge in [0, 0.05) is 12.1 Å². The van der Waals surface area contributed by atoms with E-state index in [1.54, 1.807) is 6.20 Å². The number of halogens is 1. The lowest BCUT2D eigenvalue weighted by molar-refractivity contribution is 0.430. The quantitative estimate of drug-likeness (QED) is 0.702. The first-order valence-electron chi connectivity index (χ1n) is 4.89. The molecule has 0 amide bonds. The molecule has 3 heteroatoms. The number of nitrogens with zero attached hydrogens (tertiary/aromatic N) is 2. The van der Waals surface area contributed by atoms with Crippen LogP contribution in [-0.2, 0) is 6.54 Å². The van der Waals surface area contributed by atoms with Crippen molar-refractivity contribution in [1.82, 2.24) is 9.78 Å². The number of hydrogen-bond acceptors (Lipinski definition) is 1. The largest absolute Gasteiger partial charge is 0.239 e. The van der Waals surface area contributed by atoms with Gasteiger partial charge in [-0.25, -0.2) is 4.68 Å². The minimum Gasteiger partial charge on any atom is -0.239 e. The summed E-state index contributed by atoms with van der Waals surface area (Å²) in [7, 11) is 0. The lowest BCUT2D eigenvalue weighted by atomic mass is 10.1. The first-order valence-corrected chi connectivity index (χ1v) is 4.89. The van der Waals surface area contributed by atoms with E-state index < -0.39 is 0 Å². The predicted octanol–water partition coefficient (Wildman–Crippen LogP) is 2.56. The van der Waals surface area contributed by atoms with E-state index in [0.717, 1.165) is 12.1 Å². The van der Waals surface area contributed by atoms with Crippen LogP contribution in [0, 0.1) is 11.9 Å². The SMILES string of the molecule is CC(C)c1cnn(CC2CC2)c1F. The van der Waals surface area contributed by atoms with Crippen molar-refractivity contribution in [2.75, 3.05) is 0 Å². The molecule has 0 atom stereocenters. The lowest BCUT2D eigenvalue weighted by Crippen LogP contribution is -2.05. The number of hydrogen-bond donors (Lipinski definition) is 0. The van der Waals surface area contributed by atoms with Crippen molar-refractivity contribution in [2.24, 2.45) is 5.92 Å². The average Bonchev–Trinajstić information content (AvgIpc) is 2.78. The van der Waals surface area contributed by atoms with Gasteiger partial charge in [0.15, 0.2) is 0 Å². The Labute approximate surface area is 77.8 Å². The summed E-state index contributed by atoms with van der Waals surface area (Å²) in [6.07, 6.45) is 4.12. The smallest absolute Gasteiger partial charge is 0.214 e. The Morgan fingerprint density at radius 3 is 2.77 bits per heavy atom. The van der Waals surface area contributed by atoms with Crippen molar-refractivity contribution in [3.63, 3.8) is 0 Å². The summed E-state index contributed by atoms with van der Waals surface area (Å²) in [4.78, 5) is 0. The highest BCUT2D eigenvalue weighted by Gasteiger charge is 2.24. The van der Waals surface area contributed by atoms with Crippen LogP contribution in [0.25, 0.3) is 0 Å². The van der Waals surface area contributed by atoms with Gasteiger partial charge in [-0.2, -0.15) is 9.49 Å². The van der Waals surface area contributed by atoms with E-state index in [1.165, 1.54) is 17.5 Å². The topological polar surface area (TPSA) is 17.8 Å². The van der Waals surface area contributed by atoms with E-state index in [-0.39, 0.29) is 11.9 Å². The molecule has 2 nitrogen and oxygen atoms in total. The molecule has 1 fully saturated rings. The number of rotatable bonds is 3. The van der Waals surface area contributed by atoms with Crippen molar-refractivity contribution < 1.29 is 4.39 Å². The Balaban J connectivity index is 2.16. The molecule has 0 N–H and O–H groups in total. The van der Waals surface area contributed by atoms with E-state index in [1.807, 2.05) is 13.8 Å². The van der Waals surface area contributed by atoms with Gasteiger partial charge in [0.2, 0.25) is 5.95 Å². The van der Waals surface area contributed by atoms with Crippen molar-refractivity contribution >= 4 is 0 Å². The third kappa shape index (κ3) is 1.74. The minimum absolute atomic E-state index is 0.137. The van der Waals surface area contributed by atoms with Gasteiger partial charge in [0.1, 0.15) is 0 Å². The molecule has 13 heavy (non-hydrogen) atoms. The maximum Gasteiger partial charge on any atom is 0.214 e. The Bertz CT molecular complexity index is 300. The minimum atomic E-state index is -0.137. The molecule has 0 radical (unpaired) electrons. The second kappa shape index (κ2) is 3.13. The van der Waals surface area contributed by atoms with Crippen molar-refractivity contribution in [3.8, 4) is 0 Å². The standard InChI is InChI=1S/C10H15FN2/c1-7(2)9-5-12-13(10(9)11)6-8-3-4-8/h5,7-8H,3-4,6H2,1-2H3. The Hall–Kier alpha value is -0.860. The maximum absolute atomic E-state index is 13.6. The molecule has 1 aliphatic rings. The molecule has 1 heterocycles. The van der Waals surface area contributed by atoms with E-state index in [0.29, 0.717) is 5.92 Å². The highest BCUT2D eigenvalue weighted by atomic mass is 19.1. The van der Waals surface area contributed by atoms with Crippen LogP contribution in [0.1, 0.15) is 38.2 Å². The molecule has 1 aliphatic carbocycles. The van der Waals surface area contributed by atoms with E-state index in [2.05, 4.69) is 5.10 Å². The molecule has 0 aliphatic heterocycles. The fourth-order valence-electron chi connectivity index (χ4n) is 1.44. The summed E-state index contributed by atoms with van der Waals surface area (Å²) in [5.74, 6) is 0.768. The molecular weight excluding hydrogens is 167 g/mol. The van der Waals surface area contributed by atoms with Crippen LogP contribution in [0.3, 0.4) is 0 Å². The summed E-state index contributed by atoms with van der Waals surface area (Å²) in [6.45, 7) is 4.74. The van der Waals surface area contributed by atoms with Crippen LogP contribution < -0.4 is 0 Å². The molecule has 72 valence electrons. The van der Waals surface area contributed by atoms with Crippen LogP contribution in [-0.4, -0.2) is 9.78 Å². The van der Waals surface area contributed by atoms with Gasteiger partial charge >= 0.3 is 0 Å². The Morgan fingerprint density at radius 1 is 1.62 bits per heavy atom. The fourth-order valence-corrected chi connectivity index (χ4v) is 1.44. The molecule has 2 rings (SSSR count). The molecular formula is C10H15FN2. The van der Waals surface area contributed by atoms with Gasteiger partial charge in [0.25, 0.3) is 0 Å². The van der Waals surface area contributed by atoms with Crippen molar-refractivity contribution in [2.45, 2.75) is 39.2 Å². The molecule has 1 aromatic rings. The summed E-state index contributed by atoms with van der Waals surface area (Å²) in [6, 6.07) is 0. The lowest BCUT2D eigenvalue weighted by Gasteiger charge is -2.02. The first-order chi connectivity index (χ1) is 6.18. The average molecular weight is 182 g/mol. The fraction of sp³-hybridized carbons (Fsp3) is 0.700. The number of aromatic nitrogens is 2. The van der Waals surface area contributed by atoms with E-state index in [4.69, 9.17) is 0 Å². The predicted molar refractivity (Wildman–Crippen MR) is 49.0 cm³/mol. The zero-order chi connectivity index (χ0) is 9.42. The molecule has 1 saturated carbocycles. The molecule has 0 bridgehead atoms. The zero-order valence-corrected chi connectivity index (χ0v) is 8.13. The van der Waals surface area contributed by atoms with E-state index in [9.17, 15) is 4.39 Å². The van der Waals surface area contributed by atoms with Gasteiger partial charge in [0.05, 0.1) is 6.20 Å². The Morgan fingerprint density at radius 2 is 2.31 bits per heavy atom. The summed E-state index contributed by atoms with van der Waals surface area (Å²) >= 11 is 0. The zero-order valence-electron chi connectivity index (χ0n) is 8.13. The highest BCUT2D eigenvalue weighted by molar-refractivity contribution is 5.11. The normalized spacial score (nSPS) is 16.9. The molecule has 0 saturated heterocycles. The molecule has 0 spiro atoms. The monoisotopic (exact) mass is 182 g/mol. The van der Waals surface area contributed by atoms with Crippen molar-refractivity contribution in [3.05, 3.63) is 17.7 Å². The van der Waals surface area contributed by atoms with Gasteiger partial charge in [-0.3, -0.25) is 0 Å². The molecule has 0 unspecified atom stereocenters. The summed E-state index contributed by atoms with van der Waals surface area (Å²) in [5, 5.41) is 4.06. The van der Waals surface area contributed by atoms with Gasteiger partial charge in [-0.1, -0.05) is 13.8 Å². The second-order valence-corrected chi connectivity index (χ2v) is 4.17. The third-order valence-corrected chi connectivity index (χ3v) is 2.55. The van der Waals surface area contributed by atoms with Crippen LogP contribution in [0.2, 0.25) is 0 Å².